The van der Waals surface area contributed by atoms with E-state index >= 15 is 0 Å². The minimum absolute atomic E-state index is 0.195. The maximum absolute atomic E-state index is 10.2. The Morgan fingerprint density at radius 2 is 2.40 bits per heavy atom. The van der Waals surface area contributed by atoms with E-state index in [1.165, 1.54) is 0 Å². The molecule has 3 N–H and O–H groups in total. The summed E-state index contributed by atoms with van der Waals surface area (Å²) in [4.78, 5) is 10.2. The summed E-state index contributed by atoms with van der Waals surface area (Å²) in [7, 11) is 0. The van der Waals surface area contributed by atoms with E-state index < -0.39 is 12.1 Å². The molecule has 0 radical (unpaired) electrons. The Balaban J connectivity index is 1.93. The Kier molecular flexibility index (Phi) is 5.60. The fourth-order valence-electron chi connectivity index (χ4n) is 1.66. The number of aliphatic hydroxyl groups is 1. The number of carboxylic acids is 1. The van der Waals surface area contributed by atoms with Crippen molar-refractivity contribution in [1.82, 2.24) is 5.32 Å². The summed E-state index contributed by atoms with van der Waals surface area (Å²) in [6.45, 7) is 2.84. The van der Waals surface area contributed by atoms with Gasteiger partial charge in [0.2, 0.25) is 0 Å². The topological polar surface area (TPSA) is 78.8 Å². The standard InChI is InChI=1S/C10H19NO4/c12-9(5-10(13)14)6-11-3-1-8-2-4-15-7-8/h8-9,11-12H,1-7H2,(H,13,14). The molecule has 5 heteroatoms. The van der Waals surface area contributed by atoms with E-state index in [9.17, 15) is 9.90 Å². The zero-order chi connectivity index (χ0) is 11.1. The number of carboxylic acid groups (broad SMARTS) is 1. The molecule has 1 saturated heterocycles. The first-order chi connectivity index (χ1) is 7.18. The van der Waals surface area contributed by atoms with Crippen LogP contribution in [0.25, 0.3) is 0 Å². The Bertz CT molecular complexity index is 192. The van der Waals surface area contributed by atoms with Crippen LogP contribution in [0.15, 0.2) is 0 Å². The van der Waals surface area contributed by atoms with Crippen LogP contribution in [-0.4, -0.2) is 48.6 Å². The van der Waals surface area contributed by atoms with E-state index in [0.717, 1.165) is 32.6 Å². The number of ether oxygens (including phenoxy) is 1. The second kappa shape index (κ2) is 6.76. The average Bonchev–Trinajstić information content (AvgIpc) is 2.63. The van der Waals surface area contributed by atoms with Crippen LogP contribution in [-0.2, 0) is 9.53 Å². The Labute approximate surface area is 89.4 Å². The van der Waals surface area contributed by atoms with E-state index in [4.69, 9.17) is 9.84 Å². The molecule has 1 fully saturated rings. The molecule has 2 unspecified atom stereocenters. The lowest BCUT2D eigenvalue weighted by Crippen LogP contribution is -2.30. The SMILES string of the molecule is O=C(O)CC(O)CNCCC1CCOC1. The molecule has 5 nitrogen and oxygen atoms in total. The first kappa shape index (κ1) is 12.4. The Hall–Kier alpha value is -0.650. The van der Waals surface area contributed by atoms with Gasteiger partial charge in [0.05, 0.1) is 12.5 Å². The Morgan fingerprint density at radius 1 is 1.60 bits per heavy atom. The quantitative estimate of drug-likeness (QED) is 0.516. The second-order valence-electron chi connectivity index (χ2n) is 3.97. The number of nitrogens with one attached hydrogen (secondary N) is 1. The predicted octanol–water partition coefficient (Wildman–Crippen LogP) is -0.162. The molecule has 0 aliphatic carbocycles. The van der Waals surface area contributed by atoms with Crippen LogP contribution in [0.4, 0.5) is 0 Å². The largest absolute Gasteiger partial charge is 0.481 e. The zero-order valence-corrected chi connectivity index (χ0v) is 8.82. The van der Waals surface area contributed by atoms with Gasteiger partial charge in [0.25, 0.3) is 0 Å². The van der Waals surface area contributed by atoms with E-state index in [1.807, 2.05) is 0 Å². The summed E-state index contributed by atoms with van der Waals surface area (Å²) >= 11 is 0. The van der Waals surface area contributed by atoms with Crippen LogP contribution >= 0.6 is 0 Å². The van der Waals surface area contributed by atoms with Gasteiger partial charge in [-0.15, -0.1) is 0 Å². The zero-order valence-electron chi connectivity index (χ0n) is 8.82. The van der Waals surface area contributed by atoms with Crippen molar-refractivity contribution in [3.63, 3.8) is 0 Å². The molecular weight excluding hydrogens is 198 g/mol. The molecule has 0 aromatic heterocycles. The minimum atomic E-state index is -0.964. The van der Waals surface area contributed by atoms with Gasteiger partial charge in [-0.3, -0.25) is 4.79 Å². The smallest absolute Gasteiger partial charge is 0.306 e. The molecule has 1 aliphatic rings. The first-order valence-electron chi connectivity index (χ1n) is 5.37. The van der Waals surface area contributed by atoms with Gasteiger partial charge in [-0.1, -0.05) is 0 Å². The fraction of sp³-hybridized carbons (Fsp3) is 0.900. The highest BCUT2D eigenvalue weighted by Crippen LogP contribution is 2.14. The molecule has 88 valence electrons. The highest BCUT2D eigenvalue weighted by molar-refractivity contribution is 5.67. The maximum atomic E-state index is 10.2. The highest BCUT2D eigenvalue weighted by Gasteiger charge is 2.15. The van der Waals surface area contributed by atoms with Crippen molar-refractivity contribution in [3.05, 3.63) is 0 Å². The molecule has 1 heterocycles. The van der Waals surface area contributed by atoms with E-state index in [-0.39, 0.29) is 6.42 Å². The lowest BCUT2D eigenvalue weighted by Gasteiger charge is -2.11. The summed E-state index contributed by atoms with van der Waals surface area (Å²) < 4.78 is 5.23. The number of carbonyl (C=O) groups is 1. The van der Waals surface area contributed by atoms with Gasteiger partial charge in [-0.05, 0) is 25.3 Å². The summed E-state index contributed by atoms with van der Waals surface area (Å²) in [5, 5.41) is 20.7. The summed E-state index contributed by atoms with van der Waals surface area (Å²) in [6, 6.07) is 0. The molecule has 2 atom stereocenters. The van der Waals surface area contributed by atoms with Gasteiger partial charge in [0, 0.05) is 19.8 Å². The molecule has 15 heavy (non-hydrogen) atoms. The van der Waals surface area contributed by atoms with Crippen molar-refractivity contribution < 1.29 is 19.7 Å². The van der Waals surface area contributed by atoms with Crippen molar-refractivity contribution >= 4 is 5.97 Å². The van der Waals surface area contributed by atoms with Crippen molar-refractivity contribution in [2.45, 2.75) is 25.4 Å². The van der Waals surface area contributed by atoms with E-state index in [0.29, 0.717) is 12.5 Å². The third kappa shape index (κ3) is 5.71. The molecular formula is C10H19NO4. The predicted molar refractivity (Wildman–Crippen MR) is 54.7 cm³/mol. The van der Waals surface area contributed by atoms with E-state index in [1.54, 1.807) is 0 Å². The first-order valence-corrected chi connectivity index (χ1v) is 5.37. The fourth-order valence-corrected chi connectivity index (χ4v) is 1.66. The van der Waals surface area contributed by atoms with Crippen LogP contribution < -0.4 is 5.32 Å². The summed E-state index contributed by atoms with van der Waals surface area (Å²) in [5.74, 6) is -0.345. The average molecular weight is 217 g/mol. The van der Waals surface area contributed by atoms with Gasteiger partial charge >= 0.3 is 5.97 Å². The normalized spacial score (nSPS) is 22.9. The van der Waals surface area contributed by atoms with Crippen LogP contribution in [0.1, 0.15) is 19.3 Å². The third-order valence-electron chi connectivity index (χ3n) is 2.54. The molecule has 1 rings (SSSR count). The molecule has 0 aromatic rings. The lowest BCUT2D eigenvalue weighted by molar-refractivity contribution is -0.139. The van der Waals surface area contributed by atoms with Crippen molar-refractivity contribution in [2.75, 3.05) is 26.3 Å². The van der Waals surface area contributed by atoms with Crippen LogP contribution in [0, 0.1) is 5.92 Å². The van der Waals surface area contributed by atoms with Gasteiger partial charge in [-0.25, -0.2) is 0 Å². The van der Waals surface area contributed by atoms with Gasteiger partial charge in [-0.2, -0.15) is 0 Å². The number of aliphatic carboxylic acids is 1. The number of rotatable bonds is 7. The Morgan fingerprint density at radius 3 is 3.00 bits per heavy atom. The van der Waals surface area contributed by atoms with Crippen molar-refractivity contribution in [1.29, 1.82) is 0 Å². The maximum Gasteiger partial charge on any atom is 0.306 e. The monoisotopic (exact) mass is 217 g/mol. The molecule has 0 amide bonds. The molecule has 0 saturated carbocycles. The van der Waals surface area contributed by atoms with Crippen LogP contribution in [0.2, 0.25) is 0 Å². The van der Waals surface area contributed by atoms with E-state index in [2.05, 4.69) is 5.32 Å². The molecule has 0 aromatic carbocycles. The van der Waals surface area contributed by atoms with Crippen molar-refractivity contribution in [2.24, 2.45) is 5.92 Å². The van der Waals surface area contributed by atoms with Gasteiger partial charge < -0.3 is 20.3 Å². The van der Waals surface area contributed by atoms with Crippen LogP contribution in [0.3, 0.4) is 0 Å². The lowest BCUT2D eigenvalue weighted by atomic mass is 10.1. The van der Waals surface area contributed by atoms with Crippen molar-refractivity contribution in [3.8, 4) is 0 Å². The number of hydrogen-bond acceptors (Lipinski definition) is 4. The third-order valence-corrected chi connectivity index (χ3v) is 2.54. The molecule has 0 bridgehead atoms. The number of hydrogen-bond donors (Lipinski definition) is 3. The van der Waals surface area contributed by atoms with Crippen LogP contribution in [0.5, 0.6) is 0 Å². The minimum Gasteiger partial charge on any atom is -0.481 e. The second-order valence-corrected chi connectivity index (χ2v) is 3.97. The molecule has 0 spiro atoms. The number of aliphatic hydroxyl groups excluding tert-OH is 1. The van der Waals surface area contributed by atoms with Gasteiger partial charge in [0.15, 0.2) is 0 Å². The summed E-state index contributed by atoms with van der Waals surface area (Å²) in [6.07, 6.45) is 1.15. The molecule has 1 aliphatic heterocycles. The van der Waals surface area contributed by atoms with Gasteiger partial charge in [0.1, 0.15) is 0 Å². The highest BCUT2D eigenvalue weighted by atomic mass is 16.5. The summed E-state index contributed by atoms with van der Waals surface area (Å²) in [5.41, 5.74) is 0.